The topological polar surface area (TPSA) is 20.2 Å². The molecule has 21 heavy (non-hydrogen) atoms. The second-order valence-corrected chi connectivity index (χ2v) is 5.77. The van der Waals surface area contributed by atoms with Gasteiger partial charge in [0.25, 0.3) is 0 Å². The molecule has 2 aromatic carbocycles. The zero-order chi connectivity index (χ0) is 14.9. The predicted octanol–water partition coefficient (Wildman–Crippen LogP) is 4.51. The first kappa shape index (κ1) is 14.2. The van der Waals surface area contributed by atoms with E-state index >= 15 is 0 Å². The fourth-order valence-corrected chi connectivity index (χ4v) is 3.54. The number of benzene rings is 2. The highest BCUT2D eigenvalue weighted by Crippen LogP contribution is 2.50. The summed E-state index contributed by atoms with van der Waals surface area (Å²) in [4.78, 5) is 0. The molecule has 0 aliphatic heterocycles. The zero-order valence-corrected chi connectivity index (χ0v) is 11.7. The van der Waals surface area contributed by atoms with Crippen LogP contribution in [0.1, 0.15) is 42.9 Å². The maximum absolute atomic E-state index is 14.0. The Bertz CT molecular complexity index is 598. The molecule has 1 nitrogen and oxygen atoms in total. The van der Waals surface area contributed by atoms with Crippen molar-refractivity contribution < 1.29 is 13.9 Å². The number of aliphatic hydroxyl groups is 1. The Labute approximate surface area is 123 Å². The predicted molar refractivity (Wildman–Crippen MR) is 77.9 cm³/mol. The van der Waals surface area contributed by atoms with E-state index in [0.29, 0.717) is 0 Å². The van der Waals surface area contributed by atoms with Crippen LogP contribution in [0.4, 0.5) is 8.78 Å². The summed E-state index contributed by atoms with van der Waals surface area (Å²) in [6.45, 7) is 0. The summed E-state index contributed by atoms with van der Waals surface area (Å²) in [7, 11) is 0. The summed E-state index contributed by atoms with van der Waals surface area (Å²) in [6, 6.07) is 13.3. The molecule has 0 bridgehead atoms. The molecule has 3 rings (SSSR count). The molecule has 3 heteroatoms. The smallest absolute Gasteiger partial charge is 0.131 e. The molecule has 1 unspecified atom stereocenters. The normalized spacial score (nSPS) is 18.6. The molecular weight excluding hydrogens is 270 g/mol. The molecule has 1 saturated carbocycles. The van der Waals surface area contributed by atoms with Gasteiger partial charge in [0.05, 0.1) is 11.7 Å². The first-order chi connectivity index (χ1) is 10.1. The van der Waals surface area contributed by atoms with E-state index in [9.17, 15) is 13.9 Å². The second kappa shape index (κ2) is 5.57. The standard InChI is InChI=1S/C18H18F2O/c19-14-9-6-10-15(20)16(14)17(21)18(11-4-5-12-18)13-7-2-1-3-8-13/h1-3,6-10,17,21H,4-5,11-12H2. The van der Waals surface area contributed by atoms with Gasteiger partial charge in [0.15, 0.2) is 0 Å². The van der Waals surface area contributed by atoms with Gasteiger partial charge in [-0.15, -0.1) is 0 Å². The fraction of sp³-hybridized carbons (Fsp3) is 0.333. The molecule has 2 aromatic rings. The summed E-state index contributed by atoms with van der Waals surface area (Å²) >= 11 is 0. The van der Waals surface area contributed by atoms with E-state index in [1.165, 1.54) is 18.2 Å². The van der Waals surface area contributed by atoms with Crippen LogP contribution in [0.2, 0.25) is 0 Å². The van der Waals surface area contributed by atoms with Crippen LogP contribution in [0.5, 0.6) is 0 Å². The van der Waals surface area contributed by atoms with Gasteiger partial charge in [-0.1, -0.05) is 49.2 Å². The van der Waals surface area contributed by atoms with Crippen molar-refractivity contribution in [3.8, 4) is 0 Å². The van der Waals surface area contributed by atoms with Crippen LogP contribution in [0.15, 0.2) is 48.5 Å². The molecule has 110 valence electrons. The van der Waals surface area contributed by atoms with E-state index < -0.39 is 23.2 Å². The van der Waals surface area contributed by atoms with E-state index in [1.54, 1.807) is 0 Å². The average molecular weight is 288 g/mol. The Morgan fingerprint density at radius 1 is 0.857 bits per heavy atom. The number of aliphatic hydroxyl groups excluding tert-OH is 1. The fourth-order valence-electron chi connectivity index (χ4n) is 3.54. The minimum Gasteiger partial charge on any atom is -0.387 e. The van der Waals surface area contributed by atoms with E-state index in [1.807, 2.05) is 30.3 Å². The molecule has 0 amide bonds. The molecule has 1 atom stereocenters. The van der Waals surface area contributed by atoms with Gasteiger partial charge >= 0.3 is 0 Å². The van der Waals surface area contributed by atoms with Gasteiger partial charge in [-0.3, -0.25) is 0 Å². The minimum absolute atomic E-state index is 0.205. The van der Waals surface area contributed by atoms with Crippen LogP contribution in [-0.2, 0) is 5.41 Å². The number of halogens is 2. The van der Waals surface area contributed by atoms with Crippen LogP contribution in [0, 0.1) is 11.6 Å². The average Bonchev–Trinajstić information content (AvgIpc) is 2.98. The maximum atomic E-state index is 14.0. The lowest BCUT2D eigenvalue weighted by Gasteiger charge is -2.35. The molecule has 0 saturated heterocycles. The van der Waals surface area contributed by atoms with Crippen molar-refractivity contribution in [2.45, 2.75) is 37.2 Å². The first-order valence-electron chi connectivity index (χ1n) is 7.33. The summed E-state index contributed by atoms with van der Waals surface area (Å²) in [5.41, 5.74) is 0.158. The van der Waals surface area contributed by atoms with Crippen LogP contribution in [0.3, 0.4) is 0 Å². The lowest BCUT2D eigenvalue weighted by molar-refractivity contribution is 0.0752. The molecule has 1 N–H and O–H groups in total. The van der Waals surface area contributed by atoms with Crippen LogP contribution >= 0.6 is 0 Å². The summed E-state index contributed by atoms with van der Waals surface area (Å²) in [5.74, 6) is -1.35. The maximum Gasteiger partial charge on any atom is 0.131 e. The first-order valence-corrected chi connectivity index (χ1v) is 7.33. The number of hydrogen-bond acceptors (Lipinski definition) is 1. The third-order valence-electron chi connectivity index (χ3n) is 4.64. The van der Waals surface area contributed by atoms with Crippen molar-refractivity contribution in [1.29, 1.82) is 0 Å². The lowest BCUT2D eigenvalue weighted by atomic mass is 9.72. The molecule has 1 fully saturated rings. The summed E-state index contributed by atoms with van der Waals surface area (Å²) in [6.07, 6.45) is 2.24. The highest BCUT2D eigenvalue weighted by Gasteiger charge is 2.44. The number of rotatable bonds is 3. The van der Waals surface area contributed by atoms with Crippen molar-refractivity contribution >= 4 is 0 Å². The van der Waals surface area contributed by atoms with Crippen LogP contribution in [0.25, 0.3) is 0 Å². The Balaban J connectivity index is 2.10. The van der Waals surface area contributed by atoms with E-state index in [2.05, 4.69) is 0 Å². The molecule has 0 spiro atoms. The summed E-state index contributed by atoms with van der Waals surface area (Å²) < 4.78 is 28.1. The third-order valence-corrected chi connectivity index (χ3v) is 4.64. The van der Waals surface area contributed by atoms with Gasteiger partial charge in [0.1, 0.15) is 11.6 Å². The minimum atomic E-state index is -1.16. The molecular formula is C18H18F2O. The van der Waals surface area contributed by atoms with Crippen LogP contribution < -0.4 is 0 Å². The number of hydrogen-bond donors (Lipinski definition) is 1. The molecule has 0 aromatic heterocycles. The van der Waals surface area contributed by atoms with Gasteiger partial charge in [-0.25, -0.2) is 8.78 Å². The van der Waals surface area contributed by atoms with E-state index in [4.69, 9.17) is 0 Å². The van der Waals surface area contributed by atoms with Gasteiger partial charge in [-0.05, 0) is 30.5 Å². The third kappa shape index (κ3) is 2.36. The zero-order valence-electron chi connectivity index (χ0n) is 11.7. The Morgan fingerprint density at radius 3 is 2.00 bits per heavy atom. The molecule has 1 aliphatic carbocycles. The summed E-state index contributed by atoms with van der Waals surface area (Å²) in [5, 5.41) is 10.8. The van der Waals surface area contributed by atoms with Gasteiger partial charge in [0, 0.05) is 5.41 Å². The van der Waals surface area contributed by atoms with Gasteiger partial charge in [-0.2, -0.15) is 0 Å². The van der Waals surface area contributed by atoms with Gasteiger partial charge < -0.3 is 5.11 Å². The van der Waals surface area contributed by atoms with Gasteiger partial charge in [0.2, 0.25) is 0 Å². The Morgan fingerprint density at radius 2 is 1.43 bits per heavy atom. The van der Waals surface area contributed by atoms with Crippen LogP contribution in [-0.4, -0.2) is 5.11 Å². The molecule has 0 heterocycles. The van der Waals surface area contributed by atoms with E-state index in [0.717, 1.165) is 31.2 Å². The highest BCUT2D eigenvalue weighted by atomic mass is 19.1. The largest absolute Gasteiger partial charge is 0.387 e. The van der Waals surface area contributed by atoms with Crippen molar-refractivity contribution in [3.05, 3.63) is 71.3 Å². The van der Waals surface area contributed by atoms with Crippen molar-refractivity contribution in [3.63, 3.8) is 0 Å². The molecule has 0 radical (unpaired) electrons. The lowest BCUT2D eigenvalue weighted by Crippen LogP contribution is -2.32. The SMILES string of the molecule is OC(c1c(F)cccc1F)C1(c2ccccc2)CCCC1. The van der Waals surface area contributed by atoms with E-state index in [-0.39, 0.29) is 5.56 Å². The highest BCUT2D eigenvalue weighted by molar-refractivity contribution is 5.34. The van der Waals surface area contributed by atoms with Crippen molar-refractivity contribution in [2.75, 3.05) is 0 Å². The second-order valence-electron chi connectivity index (χ2n) is 5.77. The quantitative estimate of drug-likeness (QED) is 0.881. The van der Waals surface area contributed by atoms with Crippen molar-refractivity contribution in [2.24, 2.45) is 0 Å². The Hall–Kier alpha value is -1.74. The monoisotopic (exact) mass is 288 g/mol. The Kier molecular flexibility index (Phi) is 3.77. The van der Waals surface area contributed by atoms with Crippen molar-refractivity contribution in [1.82, 2.24) is 0 Å². The molecule has 1 aliphatic rings.